The topological polar surface area (TPSA) is 105 Å². The average molecular weight is 440 g/mol. The lowest BCUT2D eigenvalue weighted by atomic mass is 9.77. The van der Waals surface area contributed by atoms with Crippen LogP contribution in [0.15, 0.2) is 72.8 Å². The first-order valence-electron chi connectivity index (χ1n) is 9.71. The van der Waals surface area contributed by atoms with E-state index in [1.54, 1.807) is 12.1 Å². The van der Waals surface area contributed by atoms with Crippen molar-refractivity contribution in [3.05, 3.63) is 84.0 Å². The van der Waals surface area contributed by atoms with Crippen LogP contribution < -0.4 is 11.1 Å². The number of amidine groups is 1. The minimum atomic E-state index is -1.24. The maximum absolute atomic E-state index is 13.1. The van der Waals surface area contributed by atoms with Crippen LogP contribution in [0.4, 0.5) is 5.69 Å². The molecule has 1 aliphatic carbocycles. The van der Waals surface area contributed by atoms with Crippen molar-refractivity contribution in [2.24, 2.45) is 11.1 Å². The number of nitrogens with one attached hydrogen (secondary N) is 2. The molecule has 1 unspecified atom stereocenters. The molecule has 4 N–H and O–H groups in total. The van der Waals surface area contributed by atoms with Gasteiger partial charge in [0.15, 0.2) is 0 Å². The van der Waals surface area contributed by atoms with E-state index in [0.717, 1.165) is 16.7 Å². The first kappa shape index (κ1) is 23.9. The van der Waals surface area contributed by atoms with Crippen LogP contribution in [0.25, 0.3) is 5.57 Å². The normalized spacial score (nSPS) is 17.1. The Balaban J connectivity index is 0.00000341. The molecule has 7 heteroatoms. The summed E-state index contributed by atoms with van der Waals surface area (Å²) in [6.45, 7) is 0. The highest BCUT2D eigenvalue weighted by Gasteiger charge is 2.40. The molecular weight excluding hydrogens is 414 g/mol. The van der Waals surface area contributed by atoms with E-state index >= 15 is 0 Å². The number of hydrogen-bond acceptors (Lipinski definition) is 4. The second-order valence-electron chi connectivity index (χ2n) is 7.18. The third-order valence-corrected chi connectivity index (χ3v) is 5.21. The molecule has 1 aliphatic rings. The molecule has 0 radical (unpaired) electrons. The Bertz CT molecular complexity index is 1020. The monoisotopic (exact) mass is 439 g/mol. The van der Waals surface area contributed by atoms with Crippen LogP contribution in [0.3, 0.4) is 0 Å². The molecule has 0 fully saturated rings. The summed E-state index contributed by atoms with van der Waals surface area (Å²) < 4.78 is 4.67. The second kappa shape index (κ2) is 10.6. The fourth-order valence-corrected chi connectivity index (χ4v) is 3.37. The largest absolute Gasteiger partial charge is 0.469 e. The molecule has 0 saturated carbocycles. The average Bonchev–Trinajstić information content (AvgIpc) is 2.78. The minimum absolute atomic E-state index is 0. The van der Waals surface area contributed by atoms with Crippen molar-refractivity contribution in [3.8, 4) is 0 Å². The van der Waals surface area contributed by atoms with Gasteiger partial charge in [-0.1, -0.05) is 60.7 Å². The van der Waals surface area contributed by atoms with Crippen LogP contribution in [-0.4, -0.2) is 24.8 Å². The number of nitrogens with two attached hydrogens (primary N) is 1. The first-order valence-corrected chi connectivity index (χ1v) is 9.71. The summed E-state index contributed by atoms with van der Waals surface area (Å²) in [7, 11) is 1.36. The number of halogens is 1. The van der Waals surface area contributed by atoms with Gasteiger partial charge in [-0.05, 0) is 41.7 Å². The van der Waals surface area contributed by atoms with Gasteiger partial charge in [-0.3, -0.25) is 15.0 Å². The number of aryl methyl sites for hydroxylation is 1. The number of benzene rings is 2. The van der Waals surface area contributed by atoms with E-state index in [0.29, 0.717) is 18.5 Å². The van der Waals surface area contributed by atoms with E-state index in [4.69, 9.17) is 11.1 Å². The van der Waals surface area contributed by atoms with Gasteiger partial charge in [-0.25, -0.2) is 0 Å². The Kier molecular flexibility index (Phi) is 8.16. The lowest BCUT2D eigenvalue weighted by Crippen LogP contribution is -2.45. The van der Waals surface area contributed by atoms with Crippen molar-refractivity contribution in [3.63, 3.8) is 0 Å². The van der Waals surface area contributed by atoms with Crippen molar-refractivity contribution < 1.29 is 14.3 Å². The third-order valence-electron chi connectivity index (χ3n) is 5.21. The molecule has 2 aromatic carbocycles. The number of allylic oxidation sites excluding steroid dienone is 3. The molecule has 162 valence electrons. The Morgan fingerprint density at radius 2 is 1.90 bits per heavy atom. The first-order chi connectivity index (χ1) is 14.4. The fourth-order valence-electron chi connectivity index (χ4n) is 3.37. The molecule has 2 aromatic rings. The van der Waals surface area contributed by atoms with Crippen molar-refractivity contribution in [2.45, 2.75) is 19.3 Å². The zero-order valence-corrected chi connectivity index (χ0v) is 18.1. The summed E-state index contributed by atoms with van der Waals surface area (Å²) in [5, 5.41) is 10.9. The van der Waals surface area contributed by atoms with E-state index in [1.807, 2.05) is 60.7 Å². The van der Waals surface area contributed by atoms with E-state index in [-0.39, 0.29) is 36.5 Å². The molecule has 0 spiro atoms. The highest BCUT2D eigenvalue weighted by molar-refractivity contribution is 6.13. The summed E-state index contributed by atoms with van der Waals surface area (Å²) in [5.74, 6) is -0.852. The number of esters is 1. The molecule has 0 aliphatic heterocycles. The standard InChI is InChI=1S/C24H25N3O3.ClH/c1-30-21(28)11-10-17-6-5-9-20(16-17)27-23(29)24(22(25)26)14-12-19(13-15-24)18-7-3-2-4-8-18;/h2-9,12-14,16H,10-11,15H2,1H3,(H3,25,26)(H,27,29);1H. The number of rotatable bonds is 7. The molecule has 6 nitrogen and oxygen atoms in total. The SMILES string of the molecule is COC(=O)CCc1cccc(NC(=O)C2(C(=N)N)C=CC(c3ccccc3)=CC2)c1.Cl. The highest BCUT2D eigenvalue weighted by atomic mass is 35.5. The Labute approximate surface area is 188 Å². The molecule has 0 aromatic heterocycles. The van der Waals surface area contributed by atoms with Crippen molar-refractivity contribution in [2.75, 3.05) is 12.4 Å². The number of methoxy groups -OCH3 is 1. The van der Waals surface area contributed by atoms with E-state index in [1.165, 1.54) is 7.11 Å². The quantitative estimate of drug-likeness (QED) is 0.343. The fraction of sp³-hybridized carbons (Fsp3) is 0.208. The smallest absolute Gasteiger partial charge is 0.305 e. The number of amides is 1. The molecule has 0 bridgehead atoms. The zero-order chi connectivity index (χ0) is 21.6. The molecule has 31 heavy (non-hydrogen) atoms. The Hall–Kier alpha value is -3.38. The van der Waals surface area contributed by atoms with E-state index < -0.39 is 5.41 Å². The van der Waals surface area contributed by atoms with Gasteiger partial charge in [0.1, 0.15) is 11.3 Å². The van der Waals surface area contributed by atoms with Crippen LogP contribution in [-0.2, 0) is 20.7 Å². The van der Waals surface area contributed by atoms with Crippen molar-refractivity contribution >= 4 is 41.4 Å². The predicted molar refractivity (Wildman–Crippen MR) is 125 cm³/mol. The molecule has 3 rings (SSSR count). The number of ether oxygens (including phenoxy) is 1. The van der Waals surface area contributed by atoms with E-state index in [9.17, 15) is 9.59 Å². The lowest BCUT2D eigenvalue weighted by molar-refractivity contribution is -0.140. The number of carbonyl (C=O) groups is 2. The second-order valence-corrected chi connectivity index (χ2v) is 7.18. The molecular formula is C24H26ClN3O3. The highest BCUT2D eigenvalue weighted by Crippen LogP contribution is 2.34. The Morgan fingerprint density at radius 1 is 1.16 bits per heavy atom. The maximum Gasteiger partial charge on any atom is 0.305 e. The summed E-state index contributed by atoms with van der Waals surface area (Å²) in [4.78, 5) is 24.5. The number of hydrogen-bond donors (Lipinski definition) is 3. The van der Waals surface area contributed by atoms with Gasteiger partial charge in [0.05, 0.1) is 7.11 Å². The van der Waals surface area contributed by atoms with Gasteiger partial charge in [-0.15, -0.1) is 12.4 Å². The minimum Gasteiger partial charge on any atom is -0.469 e. The number of anilines is 1. The molecule has 1 atom stereocenters. The molecule has 0 heterocycles. The van der Waals surface area contributed by atoms with E-state index in [2.05, 4.69) is 10.1 Å². The third kappa shape index (κ3) is 5.61. The van der Waals surface area contributed by atoms with Crippen molar-refractivity contribution in [1.82, 2.24) is 0 Å². The van der Waals surface area contributed by atoms with Gasteiger partial charge in [0, 0.05) is 12.1 Å². The molecule has 1 amide bonds. The van der Waals surface area contributed by atoms with Gasteiger partial charge >= 0.3 is 5.97 Å². The van der Waals surface area contributed by atoms with Crippen LogP contribution >= 0.6 is 12.4 Å². The zero-order valence-electron chi connectivity index (χ0n) is 17.3. The van der Waals surface area contributed by atoms with Gasteiger partial charge in [-0.2, -0.15) is 0 Å². The van der Waals surface area contributed by atoms with Gasteiger partial charge < -0.3 is 15.8 Å². The lowest BCUT2D eigenvalue weighted by Gasteiger charge is -2.30. The predicted octanol–water partition coefficient (Wildman–Crippen LogP) is 4.12. The summed E-state index contributed by atoms with van der Waals surface area (Å²) in [6.07, 6.45) is 6.55. The Morgan fingerprint density at radius 3 is 2.52 bits per heavy atom. The molecule has 0 saturated heterocycles. The van der Waals surface area contributed by atoms with Gasteiger partial charge in [0.2, 0.25) is 5.91 Å². The van der Waals surface area contributed by atoms with Crippen LogP contribution in [0.1, 0.15) is 24.0 Å². The van der Waals surface area contributed by atoms with Crippen LogP contribution in [0, 0.1) is 10.8 Å². The summed E-state index contributed by atoms with van der Waals surface area (Å²) >= 11 is 0. The summed E-state index contributed by atoms with van der Waals surface area (Å²) in [6, 6.07) is 17.1. The van der Waals surface area contributed by atoms with Crippen LogP contribution in [0.5, 0.6) is 0 Å². The van der Waals surface area contributed by atoms with Crippen molar-refractivity contribution in [1.29, 1.82) is 5.41 Å². The number of carbonyl (C=O) groups excluding carboxylic acids is 2. The van der Waals surface area contributed by atoms with Crippen LogP contribution in [0.2, 0.25) is 0 Å². The maximum atomic E-state index is 13.1. The summed E-state index contributed by atoms with van der Waals surface area (Å²) in [5.41, 5.74) is 8.15. The van der Waals surface area contributed by atoms with Gasteiger partial charge in [0.25, 0.3) is 0 Å².